The van der Waals surface area contributed by atoms with Crippen LogP contribution in [0.15, 0.2) is 65.5 Å². The molecule has 2 aromatic carbocycles. The molecule has 5 heteroatoms. The zero-order valence-electron chi connectivity index (χ0n) is 10.9. The Morgan fingerprint density at radius 2 is 1.62 bits per heavy atom. The van der Waals surface area contributed by atoms with E-state index < -0.39 is 6.16 Å². The molecule has 0 radical (unpaired) electrons. The van der Waals surface area contributed by atoms with Gasteiger partial charge >= 0.3 is 6.16 Å². The number of carbonyl (C=O) groups excluding carboxylic acids is 1. The molecule has 0 saturated heterocycles. The fraction of sp³-hybridized carbons (Fsp3) is 0. The topological polar surface area (TPSA) is 68.4 Å². The lowest BCUT2D eigenvalue weighted by Gasteiger charge is -2.07. The Hall–Kier alpha value is -3.08. The Morgan fingerprint density at radius 1 is 0.905 bits per heavy atom. The third kappa shape index (κ3) is 2.92. The van der Waals surface area contributed by atoms with Crippen LogP contribution in [0.2, 0.25) is 0 Å². The number of hydrogen-bond donors (Lipinski definition) is 1. The lowest BCUT2D eigenvalue weighted by molar-refractivity contribution is 0.152. The Balaban J connectivity index is 1.88. The van der Waals surface area contributed by atoms with Gasteiger partial charge in [0.2, 0.25) is 0 Å². The summed E-state index contributed by atoms with van der Waals surface area (Å²) in [4.78, 5) is 26.0. The zero-order chi connectivity index (χ0) is 14.7. The Labute approximate surface area is 119 Å². The van der Waals surface area contributed by atoms with E-state index >= 15 is 0 Å². The molecule has 0 aliphatic carbocycles. The Kier molecular flexibility index (Phi) is 3.39. The predicted molar refractivity (Wildman–Crippen MR) is 77.7 cm³/mol. The fourth-order valence-corrected chi connectivity index (χ4v) is 1.95. The number of pyridine rings is 1. The second-order valence-electron chi connectivity index (χ2n) is 4.31. The molecule has 0 saturated carbocycles. The third-order valence-electron chi connectivity index (χ3n) is 2.85. The van der Waals surface area contributed by atoms with Crippen molar-refractivity contribution in [3.63, 3.8) is 0 Å². The SMILES string of the molecule is O=C(Oc1ccccc1)Oc1cc(=O)[nH]c2ccccc12. The largest absolute Gasteiger partial charge is 0.519 e. The molecule has 3 aromatic rings. The minimum atomic E-state index is -0.892. The Morgan fingerprint density at radius 3 is 2.43 bits per heavy atom. The van der Waals surface area contributed by atoms with Crippen LogP contribution in [-0.2, 0) is 0 Å². The summed E-state index contributed by atoms with van der Waals surface area (Å²) in [6, 6.07) is 16.8. The number of aromatic amines is 1. The summed E-state index contributed by atoms with van der Waals surface area (Å²) in [7, 11) is 0. The number of fused-ring (bicyclic) bond motifs is 1. The highest BCUT2D eigenvalue weighted by atomic mass is 16.7. The average molecular weight is 281 g/mol. The summed E-state index contributed by atoms with van der Waals surface area (Å²) in [5.41, 5.74) is 0.240. The van der Waals surface area contributed by atoms with Crippen molar-refractivity contribution in [1.29, 1.82) is 0 Å². The molecule has 1 aromatic heterocycles. The van der Waals surface area contributed by atoms with E-state index in [-0.39, 0.29) is 11.3 Å². The van der Waals surface area contributed by atoms with E-state index in [1.807, 2.05) is 6.07 Å². The summed E-state index contributed by atoms with van der Waals surface area (Å²) >= 11 is 0. The third-order valence-corrected chi connectivity index (χ3v) is 2.85. The number of ether oxygens (including phenoxy) is 2. The molecule has 0 unspecified atom stereocenters. The van der Waals surface area contributed by atoms with Crippen LogP contribution in [0.5, 0.6) is 11.5 Å². The average Bonchev–Trinajstić information content (AvgIpc) is 2.48. The van der Waals surface area contributed by atoms with Gasteiger partial charge in [-0.15, -0.1) is 0 Å². The zero-order valence-corrected chi connectivity index (χ0v) is 10.9. The second kappa shape index (κ2) is 5.50. The maximum atomic E-state index is 11.8. The van der Waals surface area contributed by atoms with E-state index in [0.717, 1.165) is 0 Å². The number of benzene rings is 2. The van der Waals surface area contributed by atoms with Gasteiger partial charge in [0.05, 0.1) is 5.52 Å². The van der Waals surface area contributed by atoms with Gasteiger partial charge in [-0.2, -0.15) is 0 Å². The molecule has 0 amide bonds. The van der Waals surface area contributed by atoms with Gasteiger partial charge in [-0.25, -0.2) is 4.79 Å². The monoisotopic (exact) mass is 281 g/mol. The van der Waals surface area contributed by atoms with E-state index in [1.54, 1.807) is 48.5 Å². The fourth-order valence-electron chi connectivity index (χ4n) is 1.95. The van der Waals surface area contributed by atoms with Crippen LogP contribution in [0, 0.1) is 0 Å². The summed E-state index contributed by atoms with van der Waals surface area (Å²) < 4.78 is 10.2. The molecule has 0 aliphatic rings. The maximum Gasteiger partial charge on any atom is 0.519 e. The van der Waals surface area contributed by atoms with Crippen LogP contribution in [-0.4, -0.2) is 11.1 Å². The normalized spacial score (nSPS) is 10.3. The smallest absolute Gasteiger partial charge is 0.395 e. The van der Waals surface area contributed by atoms with Crippen LogP contribution >= 0.6 is 0 Å². The molecular weight excluding hydrogens is 270 g/mol. The lowest BCUT2D eigenvalue weighted by atomic mass is 10.2. The first-order chi connectivity index (χ1) is 10.2. The van der Waals surface area contributed by atoms with E-state index in [2.05, 4.69) is 4.98 Å². The molecular formula is C16H11NO4. The standard InChI is InChI=1S/C16H11NO4/c18-15-10-14(12-8-4-5-9-13(12)17-15)21-16(19)20-11-6-2-1-3-7-11/h1-10H,(H,17,18). The number of para-hydroxylation sites is 2. The number of carbonyl (C=O) groups is 1. The summed E-state index contributed by atoms with van der Waals surface area (Å²) in [5.74, 6) is 0.534. The molecule has 0 fully saturated rings. The van der Waals surface area contributed by atoms with Crippen molar-refractivity contribution in [1.82, 2.24) is 4.98 Å². The highest BCUT2D eigenvalue weighted by Gasteiger charge is 2.11. The second-order valence-corrected chi connectivity index (χ2v) is 4.31. The van der Waals surface area contributed by atoms with E-state index in [0.29, 0.717) is 16.7 Å². The molecule has 0 bridgehead atoms. The van der Waals surface area contributed by atoms with Crippen molar-refractivity contribution in [2.75, 3.05) is 0 Å². The van der Waals surface area contributed by atoms with Gasteiger partial charge in [0.15, 0.2) is 0 Å². The maximum absolute atomic E-state index is 11.8. The van der Waals surface area contributed by atoms with Crippen molar-refractivity contribution < 1.29 is 14.3 Å². The highest BCUT2D eigenvalue weighted by Crippen LogP contribution is 2.22. The minimum absolute atomic E-state index is 0.162. The molecule has 0 aliphatic heterocycles. The van der Waals surface area contributed by atoms with Crippen molar-refractivity contribution in [3.05, 3.63) is 71.0 Å². The molecule has 5 nitrogen and oxygen atoms in total. The first kappa shape index (κ1) is 12.9. The van der Waals surface area contributed by atoms with Crippen LogP contribution in [0.1, 0.15) is 0 Å². The molecule has 1 N–H and O–H groups in total. The van der Waals surface area contributed by atoms with Gasteiger partial charge in [-0.3, -0.25) is 4.79 Å². The highest BCUT2D eigenvalue weighted by molar-refractivity contribution is 5.86. The summed E-state index contributed by atoms with van der Waals surface area (Å²) in [6.45, 7) is 0. The number of aromatic nitrogens is 1. The van der Waals surface area contributed by atoms with Crippen molar-refractivity contribution in [2.45, 2.75) is 0 Å². The summed E-state index contributed by atoms with van der Waals surface area (Å²) in [5, 5.41) is 0.627. The van der Waals surface area contributed by atoms with Gasteiger partial charge in [0.1, 0.15) is 11.5 Å². The molecule has 0 spiro atoms. The van der Waals surface area contributed by atoms with E-state index in [1.165, 1.54) is 6.07 Å². The van der Waals surface area contributed by atoms with E-state index in [9.17, 15) is 9.59 Å². The van der Waals surface area contributed by atoms with Crippen molar-refractivity contribution in [3.8, 4) is 11.5 Å². The number of nitrogens with one attached hydrogen (secondary N) is 1. The van der Waals surface area contributed by atoms with Gasteiger partial charge in [0, 0.05) is 11.5 Å². The van der Waals surface area contributed by atoms with Crippen LogP contribution in [0.4, 0.5) is 4.79 Å². The van der Waals surface area contributed by atoms with Gasteiger partial charge < -0.3 is 14.5 Å². The molecule has 104 valence electrons. The van der Waals surface area contributed by atoms with E-state index in [4.69, 9.17) is 9.47 Å². The van der Waals surface area contributed by atoms with Crippen LogP contribution in [0.25, 0.3) is 10.9 Å². The predicted octanol–water partition coefficient (Wildman–Crippen LogP) is 3.11. The summed E-state index contributed by atoms with van der Waals surface area (Å²) in [6.07, 6.45) is -0.892. The first-order valence-corrected chi connectivity index (χ1v) is 6.29. The lowest BCUT2D eigenvalue weighted by Crippen LogP contribution is -2.16. The van der Waals surface area contributed by atoms with Crippen LogP contribution in [0.3, 0.4) is 0 Å². The van der Waals surface area contributed by atoms with Crippen molar-refractivity contribution >= 4 is 17.1 Å². The molecule has 21 heavy (non-hydrogen) atoms. The minimum Gasteiger partial charge on any atom is -0.395 e. The van der Waals surface area contributed by atoms with Gasteiger partial charge in [-0.05, 0) is 24.3 Å². The van der Waals surface area contributed by atoms with Gasteiger partial charge in [0.25, 0.3) is 5.56 Å². The molecule has 0 atom stereocenters. The molecule has 1 heterocycles. The number of H-pyrrole nitrogens is 1. The van der Waals surface area contributed by atoms with Crippen LogP contribution < -0.4 is 15.0 Å². The van der Waals surface area contributed by atoms with Crippen molar-refractivity contribution in [2.24, 2.45) is 0 Å². The Bertz CT molecular complexity index is 840. The first-order valence-electron chi connectivity index (χ1n) is 6.29. The number of hydrogen-bond acceptors (Lipinski definition) is 4. The van der Waals surface area contributed by atoms with Gasteiger partial charge in [-0.1, -0.05) is 30.3 Å². The number of rotatable bonds is 2. The quantitative estimate of drug-likeness (QED) is 0.579. The molecule has 3 rings (SSSR count).